The predicted molar refractivity (Wildman–Crippen MR) is 46.0 cm³/mol. The second-order valence-electron chi connectivity index (χ2n) is 2.03. The Balaban J connectivity index is 0.000000132. The lowest BCUT2D eigenvalue weighted by Crippen LogP contribution is -1.75. The van der Waals surface area contributed by atoms with E-state index in [0.717, 1.165) is 0 Å². The molecule has 0 atom stereocenters. The Bertz CT molecular complexity index is 292. The Morgan fingerprint density at radius 1 is 1.23 bits per heavy atom. The average molecular weight is 176 g/mol. The van der Waals surface area contributed by atoms with Gasteiger partial charge in [-0.1, -0.05) is 0 Å². The van der Waals surface area contributed by atoms with E-state index in [0.29, 0.717) is 12.0 Å². The minimum absolute atomic E-state index is 0.514. The normalized spacial score (nSPS) is 8.31. The molecule has 0 unspecified atom stereocenters. The fourth-order valence-electron chi connectivity index (χ4n) is 0.586. The van der Waals surface area contributed by atoms with Crippen LogP contribution in [-0.2, 0) is 0 Å². The van der Waals surface area contributed by atoms with E-state index in [9.17, 15) is 4.79 Å². The maximum Gasteiger partial charge on any atom is 0.167 e. The number of nitrogens with zero attached hydrogens (tertiary/aromatic N) is 3. The van der Waals surface area contributed by atoms with Crippen LogP contribution in [0.4, 0.5) is 0 Å². The number of H-pyrrole nitrogens is 1. The average Bonchev–Trinajstić information content (AvgIpc) is 2.74. The van der Waals surface area contributed by atoms with Crippen LogP contribution >= 0.6 is 0 Å². The first kappa shape index (κ1) is 9.05. The van der Waals surface area contributed by atoms with Crippen LogP contribution in [0.5, 0.6) is 0 Å². The summed E-state index contributed by atoms with van der Waals surface area (Å²) in [6.07, 6.45) is 7.12. The second kappa shape index (κ2) is 5.59. The Hall–Kier alpha value is -2.04. The van der Waals surface area contributed by atoms with Crippen molar-refractivity contribution >= 4 is 6.29 Å². The van der Waals surface area contributed by atoms with Crippen molar-refractivity contribution < 1.29 is 4.79 Å². The van der Waals surface area contributed by atoms with Crippen LogP contribution < -0.4 is 0 Å². The summed E-state index contributed by atoms with van der Waals surface area (Å²) in [4.78, 5) is 17.1. The van der Waals surface area contributed by atoms with Gasteiger partial charge in [0.1, 0.15) is 6.33 Å². The van der Waals surface area contributed by atoms with E-state index >= 15 is 0 Å². The highest BCUT2D eigenvalue weighted by Gasteiger charge is 1.82. The van der Waals surface area contributed by atoms with Crippen LogP contribution in [0.1, 0.15) is 10.5 Å². The van der Waals surface area contributed by atoms with Crippen LogP contribution in [0, 0.1) is 0 Å². The molecule has 0 aromatic carbocycles. The highest BCUT2D eigenvalue weighted by molar-refractivity contribution is 5.70. The number of carbonyl (C=O) groups is 1. The van der Waals surface area contributed by atoms with Crippen LogP contribution in [0.2, 0.25) is 0 Å². The zero-order valence-corrected chi connectivity index (χ0v) is 6.79. The summed E-state index contributed by atoms with van der Waals surface area (Å²) in [5, 5.41) is 6.01. The van der Waals surface area contributed by atoms with Gasteiger partial charge in [0.2, 0.25) is 0 Å². The first-order valence-electron chi connectivity index (χ1n) is 3.58. The Morgan fingerprint density at radius 2 is 2.00 bits per heavy atom. The standard InChI is InChI=1S/C4H4N2O.C4H4N2/c7-3-4-1-2-5-6-4;1-2-5-4-6-3-1/h1-3H,(H,5,6);1-4H. The van der Waals surface area contributed by atoms with E-state index in [-0.39, 0.29) is 0 Å². The molecule has 0 aliphatic heterocycles. The van der Waals surface area contributed by atoms with E-state index in [2.05, 4.69) is 20.2 Å². The number of nitrogens with one attached hydrogen (secondary N) is 1. The molecule has 66 valence electrons. The molecule has 0 aliphatic carbocycles. The Kier molecular flexibility index (Phi) is 3.89. The molecule has 0 radical (unpaired) electrons. The van der Waals surface area contributed by atoms with Gasteiger partial charge in [0.25, 0.3) is 0 Å². The molecule has 5 heteroatoms. The van der Waals surface area contributed by atoms with Crippen LogP contribution in [0.25, 0.3) is 0 Å². The number of aromatic amines is 1. The Morgan fingerprint density at radius 3 is 2.23 bits per heavy atom. The quantitative estimate of drug-likeness (QED) is 0.649. The number of rotatable bonds is 1. The topological polar surface area (TPSA) is 71.5 Å². The summed E-state index contributed by atoms with van der Waals surface area (Å²) in [5.41, 5.74) is 0.514. The lowest BCUT2D eigenvalue weighted by atomic mass is 10.5. The molecular formula is C8H8N4O. The number of hydrogen-bond acceptors (Lipinski definition) is 4. The maximum atomic E-state index is 9.80. The number of carbonyl (C=O) groups excluding carboxylic acids is 1. The third kappa shape index (κ3) is 3.76. The lowest BCUT2D eigenvalue weighted by molar-refractivity contribution is 0.111. The van der Waals surface area contributed by atoms with Gasteiger partial charge in [-0.2, -0.15) is 5.10 Å². The van der Waals surface area contributed by atoms with E-state index in [4.69, 9.17) is 0 Å². The summed E-state index contributed by atoms with van der Waals surface area (Å²) in [6, 6.07) is 3.38. The molecule has 13 heavy (non-hydrogen) atoms. The van der Waals surface area contributed by atoms with Crippen LogP contribution in [-0.4, -0.2) is 26.5 Å². The first-order valence-corrected chi connectivity index (χ1v) is 3.58. The van der Waals surface area contributed by atoms with E-state index in [1.54, 1.807) is 24.5 Å². The summed E-state index contributed by atoms with van der Waals surface area (Å²) in [5.74, 6) is 0. The van der Waals surface area contributed by atoms with Crippen molar-refractivity contribution in [2.45, 2.75) is 0 Å². The van der Waals surface area contributed by atoms with E-state index in [1.165, 1.54) is 12.5 Å². The molecule has 2 rings (SSSR count). The maximum absolute atomic E-state index is 9.80. The zero-order valence-electron chi connectivity index (χ0n) is 6.79. The lowest BCUT2D eigenvalue weighted by Gasteiger charge is -1.70. The summed E-state index contributed by atoms with van der Waals surface area (Å²) >= 11 is 0. The van der Waals surface area contributed by atoms with Gasteiger partial charge in [-0.3, -0.25) is 9.89 Å². The smallest absolute Gasteiger partial charge is 0.167 e. The van der Waals surface area contributed by atoms with E-state index < -0.39 is 0 Å². The third-order valence-electron chi connectivity index (χ3n) is 1.13. The van der Waals surface area contributed by atoms with Gasteiger partial charge in [0, 0.05) is 18.6 Å². The van der Waals surface area contributed by atoms with Crippen molar-refractivity contribution in [2.24, 2.45) is 0 Å². The molecular weight excluding hydrogens is 168 g/mol. The Labute approximate surface area is 74.9 Å². The fraction of sp³-hybridized carbons (Fsp3) is 0. The highest BCUT2D eigenvalue weighted by Crippen LogP contribution is 1.81. The molecule has 0 bridgehead atoms. The first-order chi connectivity index (χ1) is 6.43. The molecule has 0 fully saturated rings. The second-order valence-corrected chi connectivity index (χ2v) is 2.03. The van der Waals surface area contributed by atoms with Crippen molar-refractivity contribution in [3.05, 3.63) is 42.7 Å². The van der Waals surface area contributed by atoms with Crippen molar-refractivity contribution in [1.29, 1.82) is 0 Å². The van der Waals surface area contributed by atoms with Crippen LogP contribution in [0.3, 0.4) is 0 Å². The molecule has 2 aromatic heterocycles. The molecule has 5 nitrogen and oxygen atoms in total. The number of hydrogen-bond donors (Lipinski definition) is 1. The monoisotopic (exact) mass is 176 g/mol. The molecule has 2 heterocycles. The minimum Gasteiger partial charge on any atom is -0.296 e. The van der Waals surface area contributed by atoms with Crippen molar-refractivity contribution in [1.82, 2.24) is 20.2 Å². The van der Waals surface area contributed by atoms with E-state index in [1.807, 2.05) is 0 Å². The van der Waals surface area contributed by atoms with Crippen molar-refractivity contribution in [2.75, 3.05) is 0 Å². The summed E-state index contributed by atoms with van der Waals surface area (Å²) in [6.45, 7) is 0. The van der Waals surface area contributed by atoms with Gasteiger partial charge in [0.15, 0.2) is 6.29 Å². The summed E-state index contributed by atoms with van der Waals surface area (Å²) in [7, 11) is 0. The van der Waals surface area contributed by atoms with Gasteiger partial charge < -0.3 is 0 Å². The fourth-order valence-corrected chi connectivity index (χ4v) is 0.586. The largest absolute Gasteiger partial charge is 0.296 e. The molecule has 1 N–H and O–H groups in total. The number of aromatic nitrogens is 4. The van der Waals surface area contributed by atoms with Gasteiger partial charge in [-0.15, -0.1) is 0 Å². The predicted octanol–water partition coefficient (Wildman–Crippen LogP) is 0.699. The molecule has 0 saturated heterocycles. The zero-order chi connectivity index (χ0) is 9.36. The third-order valence-corrected chi connectivity index (χ3v) is 1.13. The summed E-state index contributed by atoms with van der Waals surface area (Å²) < 4.78 is 0. The van der Waals surface area contributed by atoms with Gasteiger partial charge >= 0.3 is 0 Å². The minimum atomic E-state index is 0.514. The van der Waals surface area contributed by atoms with Crippen molar-refractivity contribution in [3.8, 4) is 0 Å². The molecule has 0 aliphatic rings. The molecule has 0 amide bonds. The van der Waals surface area contributed by atoms with Gasteiger partial charge in [-0.25, -0.2) is 9.97 Å². The van der Waals surface area contributed by atoms with Gasteiger partial charge in [0.05, 0.1) is 5.69 Å². The van der Waals surface area contributed by atoms with Crippen LogP contribution in [0.15, 0.2) is 37.1 Å². The SMILES string of the molecule is O=Cc1ccn[nH]1.c1cncnc1. The molecule has 2 aromatic rings. The van der Waals surface area contributed by atoms with Gasteiger partial charge in [-0.05, 0) is 12.1 Å². The van der Waals surface area contributed by atoms with Crippen molar-refractivity contribution in [3.63, 3.8) is 0 Å². The highest BCUT2D eigenvalue weighted by atomic mass is 16.1. The number of aldehydes is 1. The molecule has 0 saturated carbocycles. The molecule has 0 spiro atoms.